The number of hydrogen-bond donors (Lipinski definition) is 2. The largest absolute Gasteiger partial charge is 0.316 e. The molecule has 1 aliphatic rings. The SMILES string of the molecule is CCc1ccc(S(=O)(=O)NC2CCCSC2)cc1CNC. The molecule has 0 spiro atoms. The van der Waals surface area contributed by atoms with Gasteiger partial charge in [0.25, 0.3) is 0 Å². The van der Waals surface area contributed by atoms with Gasteiger partial charge in [0.15, 0.2) is 0 Å². The standard InChI is InChI=1S/C15H24N2O2S2/c1-3-12-6-7-15(9-13(12)10-16-2)21(18,19)17-14-5-4-8-20-11-14/h6-7,9,14,16-17H,3-5,8,10-11H2,1-2H3. The molecule has 1 atom stereocenters. The van der Waals surface area contributed by atoms with Crippen molar-refractivity contribution in [2.45, 2.75) is 43.7 Å². The van der Waals surface area contributed by atoms with Crippen molar-refractivity contribution in [3.63, 3.8) is 0 Å². The van der Waals surface area contributed by atoms with E-state index in [1.165, 1.54) is 5.56 Å². The first-order chi connectivity index (χ1) is 10.1. The van der Waals surface area contributed by atoms with E-state index in [0.29, 0.717) is 11.4 Å². The van der Waals surface area contributed by atoms with E-state index < -0.39 is 10.0 Å². The van der Waals surface area contributed by atoms with Gasteiger partial charge in [0.05, 0.1) is 4.90 Å². The third kappa shape index (κ3) is 4.45. The minimum atomic E-state index is -3.42. The fourth-order valence-electron chi connectivity index (χ4n) is 2.59. The molecule has 0 radical (unpaired) electrons. The molecular weight excluding hydrogens is 304 g/mol. The molecule has 0 aromatic heterocycles. The van der Waals surface area contributed by atoms with Crippen molar-refractivity contribution in [3.05, 3.63) is 29.3 Å². The van der Waals surface area contributed by atoms with Gasteiger partial charge >= 0.3 is 0 Å². The number of hydrogen-bond acceptors (Lipinski definition) is 4. The van der Waals surface area contributed by atoms with Gasteiger partial charge in [0.1, 0.15) is 0 Å². The highest BCUT2D eigenvalue weighted by molar-refractivity contribution is 7.99. The van der Waals surface area contributed by atoms with Gasteiger partial charge in [-0.1, -0.05) is 13.0 Å². The van der Waals surface area contributed by atoms with Crippen molar-refractivity contribution in [1.82, 2.24) is 10.0 Å². The number of aryl methyl sites for hydroxylation is 1. The smallest absolute Gasteiger partial charge is 0.240 e. The van der Waals surface area contributed by atoms with Gasteiger partial charge in [-0.2, -0.15) is 11.8 Å². The fraction of sp³-hybridized carbons (Fsp3) is 0.600. The van der Waals surface area contributed by atoms with Gasteiger partial charge in [0.2, 0.25) is 10.0 Å². The maximum Gasteiger partial charge on any atom is 0.240 e. The zero-order chi connectivity index (χ0) is 15.3. The summed E-state index contributed by atoms with van der Waals surface area (Å²) in [5.41, 5.74) is 2.25. The Bertz CT molecular complexity index is 567. The van der Waals surface area contributed by atoms with Crippen LogP contribution in [0.3, 0.4) is 0 Å². The zero-order valence-corrected chi connectivity index (χ0v) is 14.3. The second kappa shape index (κ2) is 7.63. The summed E-state index contributed by atoms with van der Waals surface area (Å²) in [5, 5.41) is 3.10. The highest BCUT2D eigenvalue weighted by atomic mass is 32.2. The second-order valence-electron chi connectivity index (χ2n) is 5.35. The van der Waals surface area contributed by atoms with Crippen molar-refractivity contribution in [2.75, 3.05) is 18.6 Å². The molecule has 1 aromatic rings. The molecule has 1 saturated heterocycles. The third-order valence-electron chi connectivity index (χ3n) is 3.72. The molecule has 1 unspecified atom stereocenters. The first-order valence-corrected chi connectivity index (χ1v) is 10.1. The predicted molar refractivity (Wildman–Crippen MR) is 89.3 cm³/mol. The maximum atomic E-state index is 12.5. The monoisotopic (exact) mass is 328 g/mol. The average Bonchev–Trinajstić information content (AvgIpc) is 2.48. The lowest BCUT2D eigenvalue weighted by atomic mass is 10.1. The Labute approximate surface area is 132 Å². The first-order valence-electron chi connectivity index (χ1n) is 7.43. The topological polar surface area (TPSA) is 58.2 Å². The average molecular weight is 329 g/mol. The lowest BCUT2D eigenvalue weighted by Gasteiger charge is -2.22. The van der Waals surface area contributed by atoms with Crippen molar-refractivity contribution < 1.29 is 8.42 Å². The number of thioether (sulfide) groups is 1. The molecule has 118 valence electrons. The summed E-state index contributed by atoms with van der Waals surface area (Å²) in [6.07, 6.45) is 2.92. The number of nitrogens with one attached hydrogen (secondary N) is 2. The molecule has 1 aromatic carbocycles. The van der Waals surface area contributed by atoms with E-state index in [2.05, 4.69) is 17.0 Å². The highest BCUT2D eigenvalue weighted by Gasteiger charge is 2.22. The Kier molecular flexibility index (Phi) is 6.10. The summed E-state index contributed by atoms with van der Waals surface area (Å²) in [5.74, 6) is 2.01. The molecule has 0 saturated carbocycles. The van der Waals surface area contributed by atoms with Gasteiger partial charge in [-0.3, -0.25) is 0 Å². The Morgan fingerprint density at radius 1 is 1.33 bits per heavy atom. The van der Waals surface area contributed by atoms with Crippen LogP contribution in [0.1, 0.15) is 30.9 Å². The van der Waals surface area contributed by atoms with Crippen LogP contribution >= 0.6 is 11.8 Å². The van der Waals surface area contributed by atoms with Gasteiger partial charge in [0, 0.05) is 18.3 Å². The summed E-state index contributed by atoms with van der Waals surface area (Å²) in [6.45, 7) is 2.77. The summed E-state index contributed by atoms with van der Waals surface area (Å²) < 4.78 is 27.9. The Hall–Kier alpha value is -0.560. The lowest BCUT2D eigenvalue weighted by Crippen LogP contribution is -2.38. The number of rotatable bonds is 6. The van der Waals surface area contributed by atoms with E-state index >= 15 is 0 Å². The van der Waals surface area contributed by atoms with Gasteiger partial charge in [-0.15, -0.1) is 0 Å². The number of benzene rings is 1. The molecule has 1 fully saturated rings. The molecule has 1 heterocycles. The van der Waals surface area contributed by atoms with Gasteiger partial charge < -0.3 is 5.32 Å². The highest BCUT2D eigenvalue weighted by Crippen LogP contribution is 2.21. The zero-order valence-electron chi connectivity index (χ0n) is 12.7. The Balaban J connectivity index is 2.20. The van der Waals surface area contributed by atoms with Crippen LogP contribution in [0.5, 0.6) is 0 Å². The second-order valence-corrected chi connectivity index (χ2v) is 8.21. The van der Waals surface area contributed by atoms with Crippen molar-refractivity contribution in [3.8, 4) is 0 Å². The van der Waals surface area contributed by atoms with Crippen LogP contribution in [0.25, 0.3) is 0 Å². The number of sulfonamides is 1. The maximum absolute atomic E-state index is 12.5. The minimum absolute atomic E-state index is 0.0624. The molecule has 0 amide bonds. The Morgan fingerprint density at radius 2 is 2.14 bits per heavy atom. The fourth-order valence-corrected chi connectivity index (χ4v) is 5.09. The van der Waals surface area contributed by atoms with Crippen molar-refractivity contribution in [2.24, 2.45) is 0 Å². The van der Waals surface area contributed by atoms with Crippen LogP contribution in [-0.4, -0.2) is 33.0 Å². The molecule has 2 N–H and O–H groups in total. The van der Waals surface area contributed by atoms with Crippen LogP contribution in [0.15, 0.2) is 23.1 Å². The van der Waals surface area contributed by atoms with Crippen molar-refractivity contribution in [1.29, 1.82) is 0 Å². The molecule has 1 aliphatic heterocycles. The molecular formula is C15H24N2O2S2. The molecule has 6 heteroatoms. The summed E-state index contributed by atoms with van der Waals surface area (Å²) in [7, 11) is -1.54. The molecule has 2 rings (SSSR count). The quantitative estimate of drug-likeness (QED) is 0.840. The van der Waals surface area contributed by atoms with Crippen LogP contribution in [0.4, 0.5) is 0 Å². The van der Waals surface area contributed by atoms with Gasteiger partial charge in [-0.05, 0) is 55.3 Å². The van der Waals surface area contributed by atoms with Crippen LogP contribution in [-0.2, 0) is 23.0 Å². The molecule has 4 nitrogen and oxygen atoms in total. The summed E-state index contributed by atoms with van der Waals surface area (Å²) in [4.78, 5) is 0.375. The van der Waals surface area contributed by atoms with Crippen LogP contribution in [0.2, 0.25) is 0 Å². The van der Waals surface area contributed by atoms with E-state index in [0.717, 1.165) is 36.3 Å². The van der Waals surface area contributed by atoms with Crippen LogP contribution < -0.4 is 10.0 Å². The van der Waals surface area contributed by atoms with E-state index in [1.54, 1.807) is 12.1 Å². The summed E-state index contributed by atoms with van der Waals surface area (Å²) in [6, 6.07) is 5.51. The molecule has 21 heavy (non-hydrogen) atoms. The van der Waals surface area contributed by atoms with E-state index in [-0.39, 0.29) is 6.04 Å². The van der Waals surface area contributed by atoms with E-state index in [4.69, 9.17) is 0 Å². The molecule has 0 aliphatic carbocycles. The van der Waals surface area contributed by atoms with Crippen molar-refractivity contribution >= 4 is 21.8 Å². The Morgan fingerprint density at radius 3 is 2.76 bits per heavy atom. The lowest BCUT2D eigenvalue weighted by molar-refractivity contribution is 0.543. The first kappa shape index (κ1) is 16.8. The van der Waals surface area contributed by atoms with E-state index in [9.17, 15) is 8.42 Å². The predicted octanol–water partition coefficient (Wildman–Crippen LogP) is 2.14. The minimum Gasteiger partial charge on any atom is -0.316 e. The normalized spacial score (nSPS) is 19.6. The molecule has 0 bridgehead atoms. The van der Waals surface area contributed by atoms with Crippen LogP contribution in [0, 0.1) is 0 Å². The summed E-state index contributed by atoms with van der Waals surface area (Å²) >= 11 is 1.82. The van der Waals surface area contributed by atoms with Gasteiger partial charge in [-0.25, -0.2) is 13.1 Å². The van der Waals surface area contributed by atoms with E-state index in [1.807, 2.05) is 24.9 Å². The third-order valence-corrected chi connectivity index (χ3v) is 6.45.